The average molecular weight is 586 g/mol. The van der Waals surface area contributed by atoms with Crippen LogP contribution in [0.5, 0.6) is 0 Å². The Morgan fingerprint density at radius 1 is 1.07 bits per heavy atom. The number of nitrogens with zero attached hydrogens (tertiary/aromatic N) is 6. The predicted molar refractivity (Wildman–Crippen MR) is 154 cm³/mol. The fourth-order valence-corrected chi connectivity index (χ4v) is 5.34. The number of pyridine rings is 1. The lowest BCUT2D eigenvalue weighted by Gasteiger charge is -2.44. The number of aryl methyl sites for hydroxylation is 1. The summed E-state index contributed by atoms with van der Waals surface area (Å²) in [6, 6.07) is 5.43. The number of ether oxygens (including phenoxy) is 1. The maximum Gasteiger partial charge on any atom is 0.264 e. The summed E-state index contributed by atoms with van der Waals surface area (Å²) in [5.74, 6) is -0.964. The smallest absolute Gasteiger partial charge is 0.264 e. The minimum atomic E-state index is -3.04. The lowest BCUT2D eigenvalue weighted by atomic mass is 10.0. The second-order valence-electron chi connectivity index (χ2n) is 10.8. The van der Waals surface area contributed by atoms with Crippen LogP contribution >= 0.6 is 0 Å². The second kappa shape index (κ2) is 12.1. The molecule has 2 atom stereocenters. The molecule has 224 valence electrons. The van der Waals surface area contributed by atoms with Gasteiger partial charge < -0.3 is 24.4 Å². The molecule has 1 aromatic carbocycles. The number of hydrogen-bond acceptors (Lipinski definition) is 8. The third kappa shape index (κ3) is 5.97. The van der Waals surface area contributed by atoms with Crippen molar-refractivity contribution in [3.8, 4) is 11.3 Å². The summed E-state index contributed by atoms with van der Waals surface area (Å²) >= 11 is 0. The molecule has 0 bridgehead atoms. The maximum atomic E-state index is 15.9. The third-order valence-electron chi connectivity index (χ3n) is 7.99. The summed E-state index contributed by atoms with van der Waals surface area (Å²) in [6.45, 7) is 7.47. The number of anilines is 3. The zero-order valence-corrected chi connectivity index (χ0v) is 24.0. The average Bonchev–Trinajstić information content (AvgIpc) is 2.97. The minimum Gasteiger partial charge on any atom is -0.378 e. The van der Waals surface area contributed by atoms with Gasteiger partial charge in [-0.1, -0.05) is 0 Å². The molecule has 2 fully saturated rings. The highest BCUT2D eigenvalue weighted by Gasteiger charge is 2.30. The predicted octanol–water partition coefficient (Wildman–Crippen LogP) is 3.54. The number of hydrogen-bond donors (Lipinski definition) is 1. The Kier molecular flexibility index (Phi) is 8.50. The number of likely N-dealkylation sites (N-methyl/N-ethyl adjacent to an activating group) is 1. The first-order valence-electron chi connectivity index (χ1n) is 13.8. The Hall–Kier alpha value is -3.97. The van der Waals surface area contributed by atoms with E-state index in [0.717, 1.165) is 16.8 Å². The van der Waals surface area contributed by atoms with E-state index < -0.39 is 29.3 Å². The molecule has 3 aromatic rings. The number of rotatable bonds is 6. The number of benzene rings is 1. The van der Waals surface area contributed by atoms with Crippen LogP contribution in [-0.2, 0) is 11.8 Å². The van der Waals surface area contributed by atoms with Gasteiger partial charge in [0.25, 0.3) is 17.9 Å². The fourth-order valence-electron chi connectivity index (χ4n) is 5.34. The molecule has 0 saturated carbocycles. The summed E-state index contributed by atoms with van der Waals surface area (Å²) in [5, 5.41) is 2.74. The molecule has 2 aromatic heterocycles. The molecule has 2 aliphatic rings. The fraction of sp³-hybridized carbons (Fsp3) is 0.448. The molecule has 42 heavy (non-hydrogen) atoms. The van der Waals surface area contributed by atoms with E-state index in [9.17, 15) is 18.4 Å². The molecule has 1 unspecified atom stereocenters. The van der Waals surface area contributed by atoms with E-state index in [1.165, 1.54) is 19.2 Å². The van der Waals surface area contributed by atoms with Gasteiger partial charge in [-0.15, -0.1) is 0 Å². The first-order chi connectivity index (χ1) is 20.0. The quantitative estimate of drug-likeness (QED) is 0.470. The van der Waals surface area contributed by atoms with Crippen molar-refractivity contribution in [3.05, 3.63) is 64.0 Å². The molecule has 1 N–H and O–H groups in total. The third-order valence-corrected chi connectivity index (χ3v) is 7.99. The zero-order valence-electron chi connectivity index (χ0n) is 24.0. The van der Waals surface area contributed by atoms with Crippen LogP contribution in [0.15, 0.2) is 41.5 Å². The summed E-state index contributed by atoms with van der Waals surface area (Å²) in [4.78, 5) is 40.6. The Balaban J connectivity index is 1.58. The molecule has 2 saturated heterocycles. The Morgan fingerprint density at radius 3 is 2.43 bits per heavy atom. The van der Waals surface area contributed by atoms with Crippen LogP contribution in [0.3, 0.4) is 0 Å². The molecule has 4 heterocycles. The van der Waals surface area contributed by atoms with Crippen molar-refractivity contribution in [2.45, 2.75) is 32.4 Å². The number of piperazine rings is 1. The van der Waals surface area contributed by atoms with Crippen LogP contribution in [0.25, 0.3) is 11.3 Å². The van der Waals surface area contributed by atoms with E-state index >= 15 is 4.39 Å². The van der Waals surface area contributed by atoms with E-state index in [2.05, 4.69) is 34.0 Å². The van der Waals surface area contributed by atoms with E-state index in [1.54, 1.807) is 12.3 Å². The highest BCUT2D eigenvalue weighted by Crippen LogP contribution is 2.36. The van der Waals surface area contributed by atoms with Gasteiger partial charge in [0.2, 0.25) is 5.95 Å². The molecule has 0 aliphatic carbocycles. The molecule has 5 rings (SSSR count). The molecular formula is C29H34F3N7O3. The summed E-state index contributed by atoms with van der Waals surface area (Å²) in [6.07, 6.45) is -0.411. The highest BCUT2D eigenvalue weighted by molar-refractivity contribution is 6.07. The van der Waals surface area contributed by atoms with Crippen molar-refractivity contribution < 1.29 is 22.7 Å². The SMILES string of the molecule is CC1CN(c2cc(F)c(-c3ccnc(N4CCOCC4)n3)cc2NC(=O)c2cn(C)c(=O)cc2C(F)F)C[C@@H](C)N1C. The number of alkyl halides is 2. The number of carbonyl (C=O) groups excluding carboxylic acids is 1. The first-order valence-corrected chi connectivity index (χ1v) is 13.8. The molecule has 0 radical (unpaired) electrons. The van der Waals surface area contributed by atoms with Gasteiger partial charge in [0.05, 0.1) is 35.8 Å². The Labute approximate surface area is 241 Å². The molecule has 10 nitrogen and oxygen atoms in total. The van der Waals surface area contributed by atoms with Gasteiger partial charge in [-0.3, -0.25) is 14.5 Å². The van der Waals surface area contributed by atoms with Gasteiger partial charge in [-0.2, -0.15) is 0 Å². The molecule has 0 spiro atoms. The highest BCUT2D eigenvalue weighted by atomic mass is 19.3. The normalized spacial score (nSPS) is 19.8. The van der Waals surface area contributed by atoms with Gasteiger partial charge in [0, 0.05) is 74.9 Å². The Bertz CT molecular complexity index is 1510. The van der Waals surface area contributed by atoms with E-state index in [0.29, 0.717) is 56.7 Å². The number of amides is 1. The standard InChI is InChI=1S/C29H34F3N7O3/c1-17-14-39(15-18(2)37(17)4)25-13-22(30)20(23-5-6-33-29(35-23)38-7-9-42-10-8-38)11-24(25)34-28(41)21-16-36(3)26(40)12-19(21)27(31)32/h5-6,11-13,16-18,27H,7-10,14-15H2,1-4H3,(H,34,41)/t17-,18?/m1/s1. The van der Waals surface area contributed by atoms with Crippen LogP contribution in [0.1, 0.15) is 36.2 Å². The van der Waals surface area contributed by atoms with Crippen molar-refractivity contribution in [3.63, 3.8) is 0 Å². The van der Waals surface area contributed by atoms with Crippen molar-refractivity contribution in [2.75, 3.05) is 61.6 Å². The van der Waals surface area contributed by atoms with E-state index in [1.807, 2.05) is 16.8 Å². The number of morpholine rings is 1. The van der Waals surface area contributed by atoms with Crippen molar-refractivity contribution in [1.29, 1.82) is 0 Å². The topological polar surface area (TPSA) is 95.8 Å². The summed E-state index contributed by atoms with van der Waals surface area (Å²) in [5.41, 5.74) is -0.597. The van der Waals surface area contributed by atoms with Gasteiger partial charge in [-0.05, 0) is 39.1 Å². The summed E-state index contributed by atoms with van der Waals surface area (Å²) < 4.78 is 50.0. The van der Waals surface area contributed by atoms with Crippen LogP contribution in [0, 0.1) is 5.82 Å². The van der Waals surface area contributed by atoms with Crippen LogP contribution in [0.4, 0.5) is 30.5 Å². The van der Waals surface area contributed by atoms with Crippen LogP contribution < -0.4 is 20.7 Å². The largest absolute Gasteiger partial charge is 0.378 e. The van der Waals surface area contributed by atoms with E-state index in [4.69, 9.17) is 4.74 Å². The zero-order chi connectivity index (χ0) is 30.1. The molecular weight excluding hydrogens is 551 g/mol. The van der Waals surface area contributed by atoms with Gasteiger partial charge >= 0.3 is 0 Å². The van der Waals surface area contributed by atoms with Gasteiger partial charge in [0.1, 0.15) is 5.82 Å². The first kappa shape index (κ1) is 29.5. The second-order valence-corrected chi connectivity index (χ2v) is 10.8. The molecule has 2 aliphatic heterocycles. The number of nitrogens with one attached hydrogen (secondary N) is 1. The maximum absolute atomic E-state index is 15.9. The summed E-state index contributed by atoms with van der Waals surface area (Å²) in [7, 11) is 3.40. The monoisotopic (exact) mass is 585 g/mol. The van der Waals surface area contributed by atoms with Crippen molar-refractivity contribution in [2.24, 2.45) is 7.05 Å². The van der Waals surface area contributed by atoms with Gasteiger partial charge in [0.15, 0.2) is 0 Å². The number of carbonyl (C=O) groups is 1. The Morgan fingerprint density at radius 2 is 1.76 bits per heavy atom. The lowest BCUT2D eigenvalue weighted by Crippen LogP contribution is -2.55. The van der Waals surface area contributed by atoms with E-state index in [-0.39, 0.29) is 28.9 Å². The van der Waals surface area contributed by atoms with Crippen LogP contribution in [0.2, 0.25) is 0 Å². The minimum absolute atomic E-state index is 0.121. The number of halogens is 3. The van der Waals surface area contributed by atoms with Crippen LogP contribution in [-0.4, -0.2) is 83.9 Å². The molecule has 1 amide bonds. The van der Waals surface area contributed by atoms with Crippen molar-refractivity contribution in [1.82, 2.24) is 19.4 Å². The van der Waals surface area contributed by atoms with Gasteiger partial charge in [-0.25, -0.2) is 23.1 Å². The molecule has 13 heteroatoms. The lowest BCUT2D eigenvalue weighted by molar-refractivity contribution is 0.101. The number of aromatic nitrogens is 3. The van der Waals surface area contributed by atoms with Crippen molar-refractivity contribution >= 4 is 23.2 Å².